The van der Waals surface area contributed by atoms with E-state index in [1.807, 2.05) is 10.8 Å². The largest absolute Gasteiger partial charge is 0.235 e. The van der Waals surface area contributed by atoms with Crippen LogP contribution < -0.4 is 0 Å². The van der Waals surface area contributed by atoms with Crippen molar-refractivity contribution in [2.75, 3.05) is 11.5 Å². The van der Waals surface area contributed by atoms with Crippen molar-refractivity contribution in [2.24, 2.45) is 4.99 Å². The lowest BCUT2D eigenvalue weighted by Crippen LogP contribution is -2.11. The zero-order valence-electron chi connectivity index (χ0n) is 4.87. The smallest absolute Gasteiger partial charge is 0.211 e. The average molecular weight is 161 g/mol. The molecule has 0 bridgehead atoms. The number of rotatable bonds is 1. The van der Waals surface area contributed by atoms with E-state index in [1.165, 1.54) is 0 Å². The predicted molar refractivity (Wildman–Crippen MR) is 41.4 cm³/mol. The van der Waals surface area contributed by atoms with Crippen LogP contribution in [-0.4, -0.2) is 23.6 Å². The maximum Gasteiger partial charge on any atom is 0.235 e. The molecule has 0 radical (unpaired) electrons. The molecule has 4 heteroatoms. The maximum atomic E-state index is 9.77. The van der Waals surface area contributed by atoms with Crippen molar-refractivity contribution in [1.82, 2.24) is 0 Å². The fourth-order valence-corrected chi connectivity index (χ4v) is 3.01. The molecule has 0 N–H and O–H groups in total. The summed E-state index contributed by atoms with van der Waals surface area (Å²) in [6, 6.07) is 0.244. The van der Waals surface area contributed by atoms with Crippen LogP contribution in [0.4, 0.5) is 0 Å². The molecule has 0 aromatic rings. The van der Waals surface area contributed by atoms with E-state index >= 15 is 0 Å². The summed E-state index contributed by atoms with van der Waals surface area (Å²) in [4.78, 5) is 13.4. The average Bonchev–Trinajstić information content (AvgIpc) is 1.91. The Kier molecular flexibility index (Phi) is 3.18. The molecule has 1 saturated heterocycles. The van der Waals surface area contributed by atoms with Gasteiger partial charge in [0, 0.05) is 11.5 Å². The molecule has 1 aliphatic heterocycles. The van der Waals surface area contributed by atoms with Gasteiger partial charge < -0.3 is 0 Å². The van der Waals surface area contributed by atoms with E-state index in [4.69, 9.17) is 0 Å². The van der Waals surface area contributed by atoms with Gasteiger partial charge in [-0.15, -0.1) is 0 Å². The van der Waals surface area contributed by atoms with Gasteiger partial charge in [-0.2, -0.15) is 0 Å². The minimum absolute atomic E-state index is 0.244. The maximum absolute atomic E-state index is 9.77. The Bertz CT molecular complexity index is 127. The van der Waals surface area contributed by atoms with E-state index in [0.717, 1.165) is 17.9 Å². The molecule has 1 heterocycles. The van der Waals surface area contributed by atoms with Gasteiger partial charge in [-0.25, -0.2) is 9.79 Å². The molecule has 0 saturated carbocycles. The number of hydrogen-bond acceptors (Lipinski definition) is 4. The first-order chi connectivity index (χ1) is 4.43. The molecule has 0 aliphatic carbocycles. The summed E-state index contributed by atoms with van der Waals surface area (Å²) in [5, 5.41) is 0. The summed E-state index contributed by atoms with van der Waals surface area (Å²) in [6.07, 6.45) is 2.62. The van der Waals surface area contributed by atoms with Crippen LogP contribution in [0.15, 0.2) is 4.99 Å². The van der Waals surface area contributed by atoms with Gasteiger partial charge in [0.2, 0.25) is 6.08 Å². The summed E-state index contributed by atoms with van der Waals surface area (Å²) < 4.78 is 0. The minimum atomic E-state index is 0.244. The van der Waals surface area contributed by atoms with Crippen molar-refractivity contribution in [2.45, 2.75) is 12.5 Å². The van der Waals surface area contributed by atoms with Crippen LogP contribution in [0.3, 0.4) is 0 Å². The van der Waals surface area contributed by atoms with Crippen LogP contribution in [0.5, 0.6) is 0 Å². The molecule has 1 rings (SSSR count). The molecule has 50 valence electrons. The third-order valence-corrected chi connectivity index (χ3v) is 3.61. The normalized spacial score (nSPS) is 26.9. The molecule has 0 aromatic carbocycles. The molecule has 2 nitrogen and oxygen atoms in total. The molecule has 1 aliphatic rings. The van der Waals surface area contributed by atoms with E-state index in [9.17, 15) is 4.79 Å². The van der Waals surface area contributed by atoms with Crippen molar-refractivity contribution in [1.29, 1.82) is 0 Å². The molecular weight excluding hydrogens is 154 g/mol. The highest BCUT2D eigenvalue weighted by molar-refractivity contribution is 8.76. The second-order valence-corrected chi connectivity index (χ2v) is 4.40. The van der Waals surface area contributed by atoms with E-state index in [0.29, 0.717) is 0 Å². The predicted octanol–water partition coefficient (Wildman–Crippen LogP) is 1.48. The third-order valence-electron chi connectivity index (χ3n) is 1.11. The van der Waals surface area contributed by atoms with Crippen LogP contribution in [0.1, 0.15) is 6.42 Å². The van der Waals surface area contributed by atoms with Crippen molar-refractivity contribution in [3.63, 3.8) is 0 Å². The molecule has 0 amide bonds. The first-order valence-electron chi connectivity index (χ1n) is 2.75. The second kappa shape index (κ2) is 3.99. The number of aliphatic imine (C=N–C) groups is 1. The fourth-order valence-electron chi connectivity index (χ4n) is 0.629. The Morgan fingerprint density at radius 1 is 1.56 bits per heavy atom. The standard InChI is InChI=1S/C5H7NOS2/c7-4-6-5-1-2-8-9-3-5/h5H,1-3H2. The molecule has 9 heavy (non-hydrogen) atoms. The Morgan fingerprint density at radius 2 is 2.44 bits per heavy atom. The van der Waals surface area contributed by atoms with E-state index in [-0.39, 0.29) is 6.04 Å². The highest BCUT2D eigenvalue weighted by Gasteiger charge is 2.11. The van der Waals surface area contributed by atoms with E-state index in [2.05, 4.69) is 4.99 Å². The van der Waals surface area contributed by atoms with Crippen LogP contribution in [0.2, 0.25) is 0 Å². The summed E-state index contributed by atoms with van der Waals surface area (Å²) >= 11 is 0. The van der Waals surface area contributed by atoms with Crippen molar-refractivity contribution < 1.29 is 4.79 Å². The second-order valence-electron chi connectivity index (χ2n) is 1.77. The van der Waals surface area contributed by atoms with Crippen molar-refractivity contribution >= 4 is 27.7 Å². The third kappa shape index (κ3) is 2.43. The van der Waals surface area contributed by atoms with Crippen molar-refractivity contribution in [3.05, 3.63) is 0 Å². The molecule has 0 spiro atoms. The Hall–Kier alpha value is 0.0800. The summed E-state index contributed by atoms with van der Waals surface area (Å²) in [7, 11) is 3.64. The number of isocyanates is 1. The zero-order valence-corrected chi connectivity index (χ0v) is 6.50. The highest BCUT2D eigenvalue weighted by atomic mass is 33.1. The molecule has 0 aromatic heterocycles. The lowest BCUT2D eigenvalue weighted by molar-refractivity contribution is 0.558. The van der Waals surface area contributed by atoms with E-state index < -0.39 is 0 Å². The number of nitrogens with zero attached hydrogens (tertiary/aromatic N) is 1. The van der Waals surface area contributed by atoms with Gasteiger partial charge in [0.1, 0.15) is 0 Å². The number of carbonyl (C=O) groups excluding carboxylic acids is 1. The van der Waals surface area contributed by atoms with Crippen LogP contribution in [0, 0.1) is 0 Å². The molecule has 1 fully saturated rings. The van der Waals surface area contributed by atoms with Gasteiger partial charge in [0.25, 0.3) is 0 Å². The summed E-state index contributed by atoms with van der Waals surface area (Å²) in [5.41, 5.74) is 0. The van der Waals surface area contributed by atoms with Gasteiger partial charge in [-0.1, -0.05) is 21.6 Å². The summed E-state index contributed by atoms with van der Waals surface area (Å²) in [6.45, 7) is 0. The molecule has 1 atom stereocenters. The minimum Gasteiger partial charge on any atom is -0.211 e. The van der Waals surface area contributed by atoms with E-state index in [1.54, 1.807) is 16.9 Å². The highest BCUT2D eigenvalue weighted by Crippen LogP contribution is 2.30. The Morgan fingerprint density at radius 3 is 3.00 bits per heavy atom. The molecule has 1 unspecified atom stereocenters. The van der Waals surface area contributed by atoms with Gasteiger partial charge in [-0.3, -0.25) is 0 Å². The molecular formula is C5H7NOS2. The van der Waals surface area contributed by atoms with Crippen molar-refractivity contribution in [3.8, 4) is 0 Å². The van der Waals surface area contributed by atoms with Gasteiger partial charge >= 0.3 is 0 Å². The Labute approximate surface area is 61.9 Å². The first-order valence-corrected chi connectivity index (χ1v) is 5.23. The zero-order chi connectivity index (χ0) is 6.53. The van der Waals surface area contributed by atoms with Crippen LogP contribution in [0.25, 0.3) is 0 Å². The first kappa shape index (κ1) is 7.19. The van der Waals surface area contributed by atoms with Crippen LogP contribution in [-0.2, 0) is 4.79 Å². The van der Waals surface area contributed by atoms with Gasteiger partial charge in [0.05, 0.1) is 6.04 Å². The van der Waals surface area contributed by atoms with Gasteiger partial charge in [0.15, 0.2) is 0 Å². The van der Waals surface area contributed by atoms with Gasteiger partial charge in [-0.05, 0) is 6.42 Å². The topological polar surface area (TPSA) is 29.4 Å². The fraction of sp³-hybridized carbons (Fsp3) is 0.800. The number of hydrogen-bond donors (Lipinski definition) is 0. The summed E-state index contributed by atoms with van der Waals surface area (Å²) in [5.74, 6) is 2.08. The monoisotopic (exact) mass is 161 g/mol. The quantitative estimate of drug-likeness (QED) is 0.331. The lowest BCUT2D eigenvalue weighted by Gasteiger charge is -2.13. The SMILES string of the molecule is O=C=NC1CCSSC1. The van der Waals surface area contributed by atoms with Crippen LogP contribution >= 0.6 is 21.6 Å². The Balaban J connectivity index is 2.31. The lowest BCUT2D eigenvalue weighted by atomic mass is 10.3.